The molecule has 0 unspecified atom stereocenters. The van der Waals surface area contributed by atoms with Crippen LogP contribution in [0.2, 0.25) is 0 Å². The quantitative estimate of drug-likeness (QED) is 0.556. The Balaban J connectivity index is 1.50. The van der Waals surface area contributed by atoms with Crippen LogP contribution >= 0.6 is 15.9 Å². The number of benzene rings is 2. The number of nitrogens with one attached hydrogen (secondary N) is 2. The van der Waals surface area contributed by atoms with Gasteiger partial charge in [0.15, 0.2) is 17.5 Å². The first-order valence-electron chi connectivity index (χ1n) is 8.35. The predicted octanol–water partition coefficient (Wildman–Crippen LogP) is 3.09. The van der Waals surface area contributed by atoms with E-state index in [1.807, 2.05) is 30.3 Å². The van der Waals surface area contributed by atoms with Gasteiger partial charge in [0.1, 0.15) is 5.75 Å². The van der Waals surface area contributed by atoms with E-state index in [2.05, 4.69) is 37.6 Å². The highest BCUT2D eigenvalue weighted by molar-refractivity contribution is 9.10. The number of halogens is 1. The lowest BCUT2D eigenvalue weighted by molar-refractivity contribution is 0.174. The summed E-state index contributed by atoms with van der Waals surface area (Å²) in [4.78, 5) is 4.27. The number of ether oxygens (including phenoxy) is 3. The van der Waals surface area contributed by atoms with Crippen molar-refractivity contribution < 1.29 is 14.2 Å². The zero-order valence-electron chi connectivity index (χ0n) is 14.8. The second-order valence-corrected chi connectivity index (χ2v) is 6.66. The molecular formula is C19H22BrN3O3. The normalized spacial score (nSPS) is 12.8. The Labute approximate surface area is 161 Å². The summed E-state index contributed by atoms with van der Waals surface area (Å²) < 4.78 is 17.2. The molecule has 0 radical (unpaired) electrons. The molecule has 1 heterocycles. The van der Waals surface area contributed by atoms with E-state index in [1.165, 1.54) is 5.56 Å². The molecule has 7 heteroatoms. The van der Waals surface area contributed by atoms with Crippen LogP contribution in [0, 0.1) is 0 Å². The summed E-state index contributed by atoms with van der Waals surface area (Å²) in [6.45, 7) is 1.67. The Bertz CT molecular complexity index is 796. The molecule has 0 atom stereocenters. The Kier molecular flexibility index (Phi) is 6.22. The van der Waals surface area contributed by atoms with Crippen molar-refractivity contribution in [3.05, 3.63) is 52.0 Å². The molecule has 0 fully saturated rings. The van der Waals surface area contributed by atoms with Crippen molar-refractivity contribution in [1.29, 1.82) is 0 Å². The standard InChI is InChI=1S/C19H22BrN3O3/c1-21-19(23-11-14-10-15(20)4-6-16(14)24-2)22-8-7-13-3-5-17-18(9-13)26-12-25-17/h3-6,9-10H,7-8,11-12H2,1-2H3,(H2,21,22,23). The zero-order valence-corrected chi connectivity index (χ0v) is 16.4. The lowest BCUT2D eigenvalue weighted by Gasteiger charge is -2.14. The Hall–Kier alpha value is -2.41. The molecule has 26 heavy (non-hydrogen) atoms. The van der Waals surface area contributed by atoms with Crippen molar-refractivity contribution in [2.75, 3.05) is 27.5 Å². The average Bonchev–Trinajstić information content (AvgIpc) is 3.12. The van der Waals surface area contributed by atoms with E-state index in [4.69, 9.17) is 14.2 Å². The number of hydrogen-bond acceptors (Lipinski definition) is 4. The molecule has 138 valence electrons. The van der Waals surface area contributed by atoms with Crippen LogP contribution in [-0.2, 0) is 13.0 Å². The van der Waals surface area contributed by atoms with E-state index >= 15 is 0 Å². The van der Waals surface area contributed by atoms with E-state index in [9.17, 15) is 0 Å². The van der Waals surface area contributed by atoms with Crippen LogP contribution in [0.25, 0.3) is 0 Å². The third kappa shape index (κ3) is 4.60. The first kappa shape index (κ1) is 18.4. The van der Waals surface area contributed by atoms with Crippen molar-refractivity contribution in [2.24, 2.45) is 4.99 Å². The summed E-state index contributed by atoms with van der Waals surface area (Å²) in [7, 11) is 3.43. The van der Waals surface area contributed by atoms with Gasteiger partial charge >= 0.3 is 0 Å². The first-order valence-corrected chi connectivity index (χ1v) is 9.14. The number of methoxy groups -OCH3 is 1. The van der Waals surface area contributed by atoms with Gasteiger partial charge in [0.05, 0.1) is 7.11 Å². The summed E-state index contributed by atoms with van der Waals surface area (Å²) in [5.74, 6) is 3.21. The molecule has 0 saturated heterocycles. The summed E-state index contributed by atoms with van der Waals surface area (Å²) >= 11 is 3.49. The van der Waals surface area contributed by atoms with Crippen molar-refractivity contribution in [3.63, 3.8) is 0 Å². The fourth-order valence-corrected chi connectivity index (χ4v) is 3.12. The monoisotopic (exact) mass is 419 g/mol. The van der Waals surface area contributed by atoms with Crippen LogP contribution in [-0.4, -0.2) is 33.5 Å². The number of rotatable bonds is 6. The van der Waals surface area contributed by atoms with Crippen molar-refractivity contribution in [1.82, 2.24) is 10.6 Å². The van der Waals surface area contributed by atoms with Gasteiger partial charge in [0.25, 0.3) is 0 Å². The van der Waals surface area contributed by atoms with E-state index in [1.54, 1.807) is 14.2 Å². The molecule has 1 aliphatic heterocycles. The first-order chi connectivity index (χ1) is 12.7. The number of guanidine groups is 1. The number of hydrogen-bond donors (Lipinski definition) is 2. The topological polar surface area (TPSA) is 64.1 Å². The summed E-state index contributed by atoms with van der Waals surface area (Å²) in [5, 5.41) is 6.63. The maximum atomic E-state index is 5.41. The minimum Gasteiger partial charge on any atom is -0.496 e. The van der Waals surface area contributed by atoms with E-state index in [0.717, 1.165) is 46.2 Å². The number of fused-ring (bicyclic) bond motifs is 1. The van der Waals surface area contributed by atoms with Crippen LogP contribution in [0.3, 0.4) is 0 Å². The maximum absolute atomic E-state index is 5.41. The molecule has 6 nitrogen and oxygen atoms in total. The van der Waals surface area contributed by atoms with Crippen LogP contribution in [0.15, 0.2) is 45.9 Å². The minimum absolute atomic E-state index is 0.298. The van der Waals surface area contributed by atoms with Crippen LogP contribution in [0.4, 0.5) is 0 Å². The molecule has 0 bridgehead atoms. The molecule has 0 saturated carbocycles. The lowest BCUT2D eigenvalue weighted by Crippen LogP contribution is -2.37. The van der Waals surface area contributed by atoms with Crippen molar-refractivity contribution in [3.8, 4) is 17.2 Å². The van der Waals surface area contributed by atoms with Gasteiger partial charge < -0.3 is 24.8 Å². The highest BCUT2D eigenvalue weighted by Gasteiger charge is 2.13. The maximum Gasteiger partial charge on any atom is 0.231 e. The molecule has 0 aromatic heterocycles. The van der Waals surface area contributed by atoms with Crippen LogP contribution < -0.4 is 24.8 Å². The molecule has 2 aromatic rings. The molecule has 1 aliphatic rings. The molecule has 2 aromatic carbocycles. The lowest BCUT2D eigenvalue weighted by atomic mass is 10.1. The van der Waals surface area contributed by atoms with Gasteiger partial charge in [-0.15, -0.1) is 0 Å². The van der Waals surface area contributed by atoms with Gasteiger partial charge in [0.2, 0.25) is 6.79 Å². The van der Waals surface area contributed by atoms with Gasteiger partial charge in [-0.2, -0.15) is 0 Å². The van der Waals surface area contributed by atoms with Crippen LogP contribution in [0.5, 0.6) is 17.2 Å². The van der Waals surface area contributed by atoms with Gasteiger partial charge in [-0.05, 0) is 42.3 Å². The Morgan fingerprint density at radius 3 is 2.81 bits per heavy atom. The zero-order chi connectivity index (χ0) is 18.4. The molecule has 0 amide bonds. The number of nitrogens with zero attached hydrogens (tertiary/aromatic N) is 1. The third-order valence-corrected chi connectivity index (χ3v) is 4.55. The van der Waals surface area contributed by atoms with Gasteiger partial charge in [0, 0.05) is 30.2 Å². The van der Waals surface area contributed by atoms with Gasteiger partial charge in [-0.3, -0.25) is 4.99 Å². The highest BCUT2D eigenvalue weighted by Crippen LogP contribution is 2.32. The fourth-order valence-electron chi connectivity index (χ4n) is 2.71. The summed E-state index contributed by atoms with van der Waals surface area (Å²) in [6, 6.07) is 12.0. The summed E-state index contributed by atoms with van der Waals surface area (Å²) in [6.07, 6.45) is 0.859. The van der Waals surface area contributed by atoms with Crippen molar-refractivity contribution in [2.45, 2.75) is 13.0 Å². The molecular weight excluding hydrogens is 398 g/mol. The average molecular weight is 420 g/mol. The molecule has 0 aliphatic carbocycles. The predicted molar refractivity (Wildman–Crippen MR) is 105 cm³/mol. The van der Waals surface area contributed by atoms with Crippen molar-refractivity contribution >= 4 is 21.9 Å². The second-order valence-electron chi connectivity index (χ2n) is 5.75. The highest BCUT2D eigenvalue weighted by atomic mass is 79.9. The van der Waals surface area contributed by atoms with Gasteiger partial charge in [-0.25, -0.2) is 0 Å². The Morgan fingerprint density at radius 1 is 1.15 bits per heavy atom. The largest absolute Gasteiger partial charge is 0.496 e. The molecule has 0 spiro atoms. The second kappa shape index (κ2) is 8.80. The van der Waals surface area contributed by atoms with E-state index < -0.39 is 0 Å². The fraction of sp³-hybridized carbons (Fsp3) is 0.316. The van der Waals surface area contributed by atoms with Gasteiger partial charge in [-0.1, -0.05) is 22.0 Å². The summed E-state index contributed by atoms with van der Waals surface area (Å²) in [5.41, 5.74) is 2.24. The minimum atomic E-state index is 0.298. The number of aliphatic imine (C=N–C) groups is 1. The smallest absolute Gasteiger partial charge is 0.231 e. The third-order valence-electron chi connectivity index (χ3n) is 4.06. The molecule has 3 rings (SSSR count). The van der Waals surface area contributed by atoms with Crippen LogP contribution in [0.1, 0.15) is 11.1 Å². The van der Waals surface area contributed by atoms with E-state index in [-0.39, 0.29) is 0 Å². The Morgan fingerprint density at radius 2 is 2.00 bits per heavy atom. The van der Waals surface area contributed by atoms with E-state index in [0.29, 0.717) is 13.3 Å². The SMILES string of the molecule is CN=C(NCCc1ccc2c(c1)OCO2)NCc1cc(Br)ccc1OC. The molecule has 2 N–H and O–H groups in total.